The van der Waals surface area contributed by atoms with Gasteiger partial charge in [-0.25, -0.2) is 9.18 Å². The number of hydrogen-bond donors (Lipinski definition) is 2. The standard InChI is InChI=1S/C17H22FN3O2/c18-14-6-2-1-5-13(14)15(22)19-9-10-20-16(23)21-11-17(12-21)7-3-4-8-17/h1-2,5-6H,3-4,7-12H2,(H,19,22)(H,20,23). The fourth-order valence-corrected chi connectivity index (χ4v) is 3.55. The lowest BCUT2D eigenvalue weighted by molar-refractivity contribution is 0.0372. The molecule has 2 N–H and O–H groups in total. The number of rotatable bonds is 4. The quantitative estimate of drug-likeness (QED) is 0.835. The van der Waals surface area contributed by atoms with E-state index in [2.05, 4.69) is 10.6 Å². The summed E-state index contributed by atoms with van der Waals surface area (Å²) in [4.78, 5) is 25.6. The van der Waals surface area contributed by atoms with Crippen LogP contribution in [0.3, 0.4) is 0 Å². The summed E-state index contributed by atoms with van der Waals surface area (Å²) in [5.41, 5.74) is 0.404. The van der Waals surface area contributed by atoms with Crippen LogP contribution in [0.4, 0.5) is 9.18 Å². The van der Waals surface area contributed by atoms with Crippen molar-refractivity contribution in [3.8, 4) is 0 Å². The van der Waals surface area contributed by atoms with Gasteiger partial charge in [-0.05, 0) is 25.0 Å². The monoisotopic (exact) mass is 319 g/mol. The van der Waals surface area contributed by atoms with E-state index in [-0.39, 0.29) is 18.1 Å². The molecule has 0 aromatic heterocycles. The predicted octanol–water partition coefficient (Wildman–Crippen LogP) is 2.14. The van der Waals surface area contributed by atoms with Crippen molar-refractivity contribution < 1.29 is 14.0 Å². The molecular weight excluding hydrogens is 297 g/mol. The van der Waals surface area contributed by atoms with Gasteiger partial charge in [-0.3, -0.25) is 4.79 Å². The number of amides is 3. The summed E-state index contributed by atoms with van der Waals surface area (Å²) in [6.45, 7) is 2.31. The fourth-order valence-electron chi connectivity index (χ4n) is 3.55. The molecular formula is C17H22FN3O2. The van der Waals surface area contributed by atoms with Gasteiger partial charge in [-0.2, -0.15) is 0 Å². The summed E-state index contributed by atoms with van der Waals surface area (Å²) in [5, 5.41) is 5.40. The maximum absolute atomic E-state index is 13.4. The summed E-state index contributed by atoms with van der Waals surface area (Å²) in [5.74, 6) is -1.01. The Morgan fingerprint density at radius 1 is 1.09 bits per heavy atom. The van der Waals surface area contributed by atoms with Gasteiger partial charge in [0.2, 0.25) is 0 Å². The first kappa shape index (κ1) is 15.8. The van der Waals surface area contributed by atoms with Crippen molar-refractivity contribution >= 4 is 11.9 Å². The Morgan fingerprint density at radius 3 is 2.43 bits per heavy atom. The van der Waals surface area contributed by atoms with E-state index in [1.54, 1.807) is 6.07 Å². The highest BCUT2D eigenvalue weighted by atomic mass is 19.1. The van der Waals surface area contributed by atoms with Crippen LogP contribution in [0.2, 0.25) is 0 Å². The molecule has 124 valence electrons. The molecule has 0 bridgehead atoms. The fraction of sp³-hybridized carbons (Fsp3) is 0.529. The Balaban J connectivity index is 1.35. The van der Waals surface area contributed by atoms with E-state index in [1.165, 1.54) is 43.9 Å². The second kappa shape index (κ2) is 6.56. The van der Waals surface area contributed by atoms with Gasteiger partial charge in [0.1, 0.15) is 5.82 Å². The zero-order valence-electron chi connectivity index (χ0n) is 13.1. The Bertz CT molecular complexity index is 591. The maximum atomic E-state index is 13.4. The maximum Gasteiger partial charge on any atom is 0.317 e. The molecule has 5 nitrogen and oxygen atoms in total. The van der Waals surface area contributed by atoms with Gasteiger partial charge in [0.05, 0.1) is 5.56 Å². The van der Waals surface area contributed by atoms with E-state index in [0.29, 0.717) is 12.0 Å². The molecule has 3 rings (SSSR count). The molecule has 6 heteroatoms. The Morgan fingerprint density at radius 2 is 1.74 bits per heavy atom. The van der Waals surface area contributed by atoms with Gasteiger partial charge < -0.3 is 15.5 Å². The first-order valence-electron chi connectivity index (χ1n) is 8.15. The molecule has 0 atom stereocenters. The molecule has 0 unspecified atom stereocenters. The van der Waals surface area contributed by atoms with Crippen LogP contribution in [0.5, 0.6) is 0 Å². The third kappa shape index (κ3) is 3.46. The molecule has 1 heterocycles. The second-order valence-electron chi connectivity index (χ2n) is 6.53. The number of nitrogens with zero attached hydrogens (tertiary/aromatic N) is 1. The predicted molar refractivity (Wildman–Crippen MR) is 84.6 cm³/mol. The number of carbonyl (C=O) groups excluding carboxylic acids is 2. The average molecular weight is 319 g/mol. The number of halogens is 1. The van der Waals surface area contributed by atoms with Crippen LogP contribution in [0.25, 0.3) is 0 Å². The summed E-state index contributed by atoms with van der Waals surface area (Å²) in [7, 11) is 0. The van der Waals surface area contributed by atoms with Gasteiger partial charge in [0.15, 0.2) is 0 Å². The molecule has 3 amide bonds. The largest absolute Gasteiger partial charge is 0.350 e. The average Bonchev–Trinajstić information content (AvgIpc) is 3.00. The van der Waals surface area contributed by atoms with Crippen molar-refractivity contribution in [2.75, 3.05) is 26.2 Å². The summed E-state index contributed by atoms with van der Waals surface area (Å²) >= 11 is 0. The number of urea groups is 1. The Kier molecular flexibility index (Phi) is 4.50. The smallest absolute Gasteiger partial charge is 0.317 e. The molecule has 23 heavy (non-hydrogen) atoms. The highest BCUT2D eigenvalue weighted by molar-refractivity contribution is 5.94. The zero-order chi connectivity index (χ0) is 16.3. The van der Waals surface area contributed by atoms with Crippen molar-refractivity contribution in [1.29, 1.82) is 0 Å². The topological polar surface area (TPSA) is 61.4 Å². The molecule has 2 aliphatic rings. The molecule has 1 saturated heterocycles. The van der Waals surface area contributed by atoms with Crippen LogP contribution < -0.4 is 10.6 Å². The van der Waals surface area contributed by atoms with Crippen LogP contribution in [-0.2, 0) is 0 Å². The molecule has 1 spiro atoms. The minimum atomic E-state index is -0.545. The van der Waals surface area contributed by atoms with Crippen molar-refractivity contribution in [3.05, 3.63) is 35.6 Å². The van der Waals surface area contributed by atoms with Crippen LogP contribution in [0, 0.1) is 11.2 Å². The van der Waals surface area contributed by atoms with Gasteiger partial charge in [-0.1, -0.05) is 25.0 Å². The lowest BCUT2D eigenvalue weighted by Crippen LogP contribution is -2.60. The Hall–Kier alpha value is -2.11. The van der Waals surface area contributed by atoms with Gasteiger partial charge in [0, 0.05) is 31.6 Å². The van der Waals surface area contributed by atoms with E-state index in [9.17, 15) is 14.0 Å². The lowest BCUT2D eigenvalue weighted by atomic mass is 9.78. The Labute approximate surface area is 135 Å². The number of nitrogens with one attached hydrogen (secondary N) is 2. The summed E-state index contributed by atoms with van der Waals surface area (Å²) < 4.78 is 13.4. The normalized spacial score (nSPS) is 18.6. The lowest BCUT2D eigenvalue weighted by Gasteiger charge is -2.48. The minimum absolute atomic E-state index is 0.0183. The summed E-state index contributed by atoms with van der Waals surface area (Å²) in [6, 6.07) is 5.76. The van der Waals surface area contributed by atoms with E-state index in [0.717, 1.165) is 13.1 Å². The number of carbonyl (C=O) groups is 2. The van der Waals surface area contributed by atoms with Crippen LogP contribution in [0.1, 0.15) is 36.0 Å². The highest BCUT2D eigenvalue weighted by Gasteiger charge is 2.46. The molecule has 1 aliphatic heterocycles. The molecule has 1 aromatic rings. The first-order chi connectivity index (χ1) is 11.1. The van der Waals surface area contributed by atoms with Crippen LogP contribution >= 0.6 is 0 Å². The molecule has 0 radical (unpaired) electrons. The SMILES string of the molecule is O=C(NCCNC(=O)N1CC2(CCCC2)C1)c1ccccc1F. The molecule has 2 fully saturated rings. The van der Waals surface area contributed by atoms with Crippen molar-refractivity contribution in [2.24, 2.45) is 5.41 Å². The van der Waals surface area contributed by atoms with Crippen molar-refractivity contribution in [1.82, 2.24) is 15.5 Å². The zero-order valence-corrected chi connectivity index (χ0v) is 13.1. The third-order valence-electron chi connectivity index (χ3n) is 4.81. The second-order valence-corrected chi connectivity index (χ2v) is 6.53. The summed E-state index contributed by atoms with van der Waals surface area (Å²) in [6.07, 6.45) is 5.01. The highest BCUT2D eigenvalue weighted by Crippen LogP contribution is 2.45. The molecule has 1 aromatic carbocycles. The minimum Gasteiger partial charge on any atom is -0.350 e. The van der Waals surface area contributed by atoms with Crippen molar-refractivity contribution in [2.45, 2.75) is 25.7 Å². The third-order valence-corrected chi connectivity index (χ3v) is 4.81. The number of benzene rings is 1. The molecule has 1 saturated carbocycles. The van der Waals surface area contributed by atoms with E-state index >= 15 is 0 Å². The van der Waals surface area contributed by atoms with Crippen LogP contribution in [0.15, 0.2) is 24.3 Å². The van der Waals surface area contributed by atoms with Gasteiger partial charge in [0.25, 0.3) is 5.91 Å². The first-order valence-corrected chi connectivity index (χ1v) is 8.15. The van der Waals surface area contributed by atoms with Crippen molar-refractivity contribution in [3.63, 3.8) is 0 Å². The van der Waals surface area contributed by atoms with Gasteiger partial charge >= 0.3 is 6.03 Å². The number of likely N-dealkylation sites (tertiary alicyclic amines) is 1. The molecule has 1 aliphatic carbocycles. The van der Waals surface area contributed by atoms with Crippen LogP contribution in [-0.4, -0.2) is 43.0 Å². The van der Waals surface area contributed by atoms with E-state index in [4.69, 9.17) is 0 Å². The van der Waals surface area contributed by atoms with E-state index < -0.39 is 11.7 Å². The van der Waals surface area contributed by atoms with E-state index in [1.807, 2.05) is 4.90 Å². The van der Waals surface area contributed by atoms with Gasteiger partial charge in [-0.15, -0.1) is 0 Å². The number of hydrogen-bond acceptors (Lipinski definition) is 2.